The molecule has 174 valence electrons. The first-order chi connectivity index (χ1) is 16.2. The Morgan fingerprint density at radius 1 is 1.03 bits per heavy atom. The Morgan fingerprint density at radius 3 is 2.44 bits per heavy atom. The van der Waals surface area contributed by atoms with Crippen LogP contribution in [0.3, 0.4) is 0 Å². The van der Waals surface area contributed by atoms with Crippen LogP contribution in [-0.2, 0) is 11.0 Å². The van der Waals surface area contributed by atoms with Crippen molar-refractivity contribution < 1.29 is 22.8 Å². The molecule has 7 nitrogen and oxygen atoms in total. The molecule has 0 radical (unpaired) electrons. The maximum atomic E-state index is 13.5. The van der Waals surface area contributed by atoms with Gasteiger partial charge in [-0.05, 0) is 42.8 Å². The van der Waals surface area contributed by atoms with Crippen LogP contribution < -0.4 is 16.0 Å². The molecule has 3 aromatic rings. The van der Waals surface area contributed by atoms with E-state index >= 15 is 0 Å². The molecule has 0 bridgehead atoms. The minimum Gasteiger partial charge on any atom is -0.376 e. The zero-order valence-corrected chi connectivity index (χ0v) is 18.2. The Bertz CT molecular complexity index is 1270. The molecule has 1 aromatic heterocycles. The quantitative estimate of drug-likeness (QED) is 0.499. The lowest BCUT2D eigenvalue weighted by Crippen LogP contribution is -2.27. The first kappa shape index (κ1) is 24.3. The summed E-state index contributed by atoms with van der Waals surface area (Å²) in [5.74, 6) is 4.80. The fourth-order valence-corrected chi connectivity index (χ4v) is 2.88. The standard InChI is InChI=1S/C24H20F3N5O2/c1-15-3-5-18(9-17(15)6-4-16-11-29-14-30-12-16)23(34)32-19-7-8-21(31-13-22(33)28-2)20(10-19)24(25,26)27/h3,5,7-12,14,31H,13H2,1-2H3,(H,28,33)(H,32,34). The normalized spacial score (nSPS) is 10.6. The molecule has 2 aromatic carbocycles. The lowest BCUT2D eigenvalue weighted by Gasteiger charge is -2.16. The topological polar surface area (TPSA) is 96.0 Å². The van der Waals surface area contributed by atoms with E-state index in [1.54, 1.807) is 30.6 Å². The van der Waals surface area contributed by atoms with Gasteiger partial charge in [-0.15, -0.1) is 0 Å². The molecule has 2 amide bonds. The highest BCUT2D eigenvalue weighted by Crippen LogP contribution is 2.36. The number of aromatic nitrogens is 2. The number of hydrogen-bond donors (Lipinski definition) is 3. The van der Waals surface area contributed by atoms with Gasteiger partial charge in [-0.2, -0.15) is 13.2 Å². The number of nitrogens with zero attached hydrogens (tertiary/aromatic N) is 2. The molecule has 0 spiro atoms. The average molecular weight is 467 g/mol. The molecular weight excluding hydrogens is 447 g/mol. The predicted octanol–water partition coefficient (Wildman–Crippen LogP) is 3.61. The van der Waals surface area contributed by atoms with Gasteiger partial charge in [0.15, 0.2) is 0 Å². The number of halogens is 3. The molecule has 0 aliphatic carbocycles. The fourth-order valence-electron chi connectivity index (χ4n) is 2.88. The van der Waals surface area contributed by atoms with Crippen LogP contribution in [0.2, 0.25) is 0 Å². The van der Waals surface area contributed by atoms with E-state index in [1.165, 1.54) is 19.4 Å². The van der Waals surface area contributed by atoms with Gasteiger partial charge in [0.2, 0.25) is 5.91 Å². The van der Waals surface area contributed by atoms with Gasteiger partial charge < -0.3 is 16.0 Å². The Kier molecular flexibility index (Phi) is 7.48. The Hall–Kier alpha value is -4.39. The zero-order valence-electron chi connectivity index (χ0n) is 18.2. The fraction of sp³-hybridized carbons (Fsp3) is 0.167. The van der Waals surface area contributed by atoms with Crippen molar-refractivity contribution >= 4 is 23.2 Å². The van der Waals surface area contributed by atoms with E-state index in [1.807, 2.05) is 6.92 Å². The van der Waals surface area contributed by atoms with Crippen molar-refractivity contribution in [3.05, 3.63) is 82.9 Å². The molecular formula is C24H20F3N5O2. The number of alkyl halides is 3. The summed E-state index contributed by atoms with van der Waals surface area (Å²) in [5, 5.41) is 7.26. The molecule has 0 saturated heterocycles. The van der Waals surface area contributed by atoms with Gasteiger partial charge in [-0.3, -0.25) is 9.59 Å². The third kappa shape index (κ3) is 6.32. The van der Waals surface area contributed by atoms with Crippen molar-refractivity contribution in [1.29, 1.82) is 0 Å². The van der Waals surface area contributed by atoms with Crippen LogP contribution in [-0.4, -0.2) is 35.4 Å². The Morgan fingerprint density at radius 2 is 1.76 bits per heavy atom. The van der Waals surface area contributed by atoms with E-state index in [9.17, 15) is 22.8 Å². The predicted molar refractivity (Wildman–Crippen MR) is 121 cm³/mol. The number of carbonyl (C=O) groups is 2. The summed E-state index contributed by atoms with van der Waals surface area (Å²) >= 11 is 0. The van der Waals surface area contributed by atoms with Gasteiger partial charge in [0.1, 0.15) is 6.33 Å². The zero-order chi connectivity index (χ0) is 24.7. The van der Waals surface area contributed by atoms with Gasteiger partial charge >= 0.3 is 6.18 Å². The molecule has 0 atom stereocenters. The van der Waals surface area contributed by atoms with Crippen LogP contribution in [0.5, 0.6) is 0 Å². The van der Waals surface area contributed by atoms with Crippen molar-refractivity contribution in [3.63, 3.8) is 0 Å². The molecule has 0 saturated carbocycles. The third-order valence-corrected chi connectivity index (χ3v) is 4.70. The number of rotatable bonds is 5. The van der Waals surface area contributed by atoms with Crippen LogP contribution in [0.4, 0.5) is 24.5 Å². The minimum atomic E-state index is -4.69. The monoisotopic (exact) mass is 467 g/mol. The summed E-state index contributed by atoms with van der Waals surface area (Å²) in [6.45, 7) is 1.50. The number of likely N-dealkylation sites (N-methyl/N-ethyl adjacent to an activating group) is 1. The lowest BCUT2D eigenvalue weighted by atomic mass is 10.0. The van der Waals surface area contributed by atoms with E-state index in [0.717, 1.165) is 17.7 Å². The van der Waals surface area contributed by atoms with E-state index in [2.05, 4.69) is 37.8 Å². The molecule has 10 heteroatoms. The number of anilines is 2. The summed E-state index contributed by atoms with van der Waals surface area (Å²) in [5.41, 5.74) is 0.920. The van der Waals surface area contributed by atoms with Gasteiger partial charge in [-0.1, -0.05) is 17.9 Å². The summed E-state index contributed by atoms with van der Waals surface area (Å²) in [6, 6.07) is 8.12. The molecule has 3 N–H and O–H groups in total. The van der Waals surface area contributed by atoms with Crippen molar-refractivity contribution in [2.24, 2.45) is 0 Å². The Labute approximate surface area is 193 Å². The average Bonchev–Trinajstić information content (AvgIpc) is 2.82. The Balaban J connectivity index is 1.82. The number of carbonyl (C=O) groups excluding carboxylic acids is 2. The van der Waals surface area contributed by atoms with Crippen molar-refractivity contribution in [1.82, 2.24) is 15.3 Å². The summed E-state index contributed by atoms with van der Waals surface area (Å²) in [6.07, 6.45) is -0.204. The van der Waals surface area contributed by atoms with E-state index in [4.69, 9.17) is 0 Å². The summed E-state index contributed by atoms with van der Waals surface area (Å²) in [4.78, 5) is 31.9. The number of benzene rings is 2. The molecule has 0 fully saturated rings. The molecule has 0 aliphatic heterocycles. The van der Waals surface area contributed by atoms with Crippen molar-refractivity contribution in [2.45, 2.75) is 13.1 Å². The summed E-state index contributed by atoms with van der Waals surface area (Å²) in [7, 11) is 1.38. The third-order valence-electron chi connectivity index (χ3n) is 4.70. The van der Waals surface area contributed by atoms with Gasteiger partial charge in [0.25, 0.3) is 5.91 Å². The molecule has 0 aliphatic rings. The van der Waals surface area contributed by atoms with Crippen LogP contribution in [0.25, 0.3) is 0 Å². The first-order valence-corrected chi connectivity index (χ1v) is 10.0. The van der Waals surface area contributed by atoms with Gasteiger partial charge in [-0.25, -0.2) is 9.97 Å². The number of hydrogen-bond acceptors (Lipinski definition) is 5. The maximum Gasteiger partial charge on any atom is 0.418 e. The minimum absolute atomic E-state index is 0.0440. The molecule has 0 unspecified atom stereocenters. The lowest BCUT2D eigenvalue weighted by molar-refractivity contribution is -0.137. The van der Waals surface area contributed by atoms with E-state index in [-0.39, 0.29) is 23.5 Å². The highest BCUT2D eigenvalue weighted by molar-refractivity contribution is 6.04. The van der Waals surface area contributed by atoms with Crippen LogP contribution in [0.1, 0.15) is 32.6 Å². The highest BCUT2D eigenvalue weighted by atomic mass is 19.4. The van der Waals surface area contributed by atoms with Crippen LogP contribution in [0.15, 0.2) is 55.1 Å². The second kappa shape index (κ2) is 10.5. The van der Waals surface area contributed by atoms with Gasteiger partial charge in [0, 0.05) is 41.9 Å². The van der Waals surface area contributed by atoms with E-state index < -0.39 is 23.6 Å². The first-order valence-electron chi connectivity index (χ1n) is 10.0. The second-order valence-electron chi connectivity index (χ2n) is 7.15. The molecule has 34 heavy (non-hydrogen) atoms. The smallest absolute Gasteiger partial charge is 0.376 e. The number of amides is 2. The maximum absolute atomic E-state index is 13.5. The second-order valence-corrected chi connectivity index (χ2v) is 7.15. The highest BCUT2D eigenvalue weighted by Gasteiger charge is 2.34. The van der Waals surface area contributed by atoms with Gasteiger partial charge in [0.05, 0.1) is 17.7 Å². The van der Waals surface area contributed by atoms with Crippen LogP contribution >= 0.6 is 0 Å². The van der Waals surface area contributed by atoms with Crippen molar-refractivity contribution in [2.75, 3.05) is 24.2 Å². The van der Waals surface area contributed by atoms with E-state index in [0.29, 0.717) is 11.1 Å². The SMILES string of the molecule is CNC(=O)CNc1ccc(NC(=O)c2ccc(C)c(C#Cc3cncnc3)c2)cc1C(F)(F)F. The molecule has 3 rings (SSSR count). The largest absolute Gasteiger partial charge is 0.418 e. The number of aryl methyl sites for hydroxylation is 1. The molecule has 1 heterocycles. The summed E-state index contributed by atoms with van der Waals surface area (Å²) < 4.78 is 40.6. The van der Waals surface area contributed by atoms with Crippen molar-refractivity contribution in [3.8, 4) is 11.8 Å². The number of nitrogens with one attached hydrogen (secondary N) is 3. The van der Waals surface area contributed by atoms with Crippen LogP contribution in [0, 0.1) is 18.8 Å².